The van der Waals surface area contributed by atoms with Crippen LogP contribution < -0.4 is 5.32 Å². The van der Waals surface area contributed by atoms with E-state index in [2.05, 4.69) is 10.3 Å². The minimum atomic E-state index is -4.51. The van der Waals surface area contributed by atoms with Crippen LogP contribution in [0.5, 0.6) is 0 Å². The van der Waals surface area contributed by atoms with Crippen LogP contribution in [-0.2, 0) is 17.5 Å². The van der Waals surface area contributed by atoms with E-state index in [9.17, 15) is 22.8 Å². The lowest BCUT2D eigenvalue weighted by atomic mass is 9.87. The molecular formula is C25H21ClF3N3O2. The molecule has 2 aromatic carbocycles. The molecule has 3 aromatic rings. The number of nitrogens with one attached hydrogen (secondary N) is 1. The number of aromatic nitrogens is 1. The molecule has 1 saturated heterocycles. The van der Waals surface area contributed by atoms with Crippen molar-refractivity contribution in [1.29, 1.82) is 0 Å². The van der Waals surface area contributed by atoms with Crippen LogP contribution in [0.1, 0.15) is 33.0 Å². The maximum Gasteiger partial charge on any atom is 0.416 e. The summed E-state index contributed by atoms with van der Waals surface area (Å²) in [6.45, 7) is 0.429. The van der Waals surface area contributed by atoms with Crippen molar-refractivity contribution in [2.24, 2.45) is 5.92 Å². The minimum absolute atomic E-state index is 0.0846. The van der Waals surface area contributed by atoms with Crippen molar-refractivity contribution >= 4 is 23.4 Å². The van der Waals surface area contributed by atoms with Gasteiger partial charge in [0, 0.05) is 48.5 Å². The van der Waals surface area contributed by atoms with Gasteiger partial charge in [-0.1, -0.05) is 35.9 Å². The van der Waals surface area contributed by atoms with E-state index >= 15 is 0 Å². The Kier molecular flexibility index (Phi) is 6.88. The quantitative estimate of drug-likeness (QED) is 0.555. The fourth-order valence-corrected chi connectivity index (χ4v) is 4.24. The van der Waals surface area contributed by atoms with Gasteiger partial charge in [0.25, 0.3) is 5.91 Å². The molecule has 0 aliphatic carbocycles. The molecule has 2 heterocycles. The minimum Gasteiger partial charge on any atom is -0.352 e. The van der Waals surface area contributed by atoms with Gasteiger partial charge in [-0.15, -0.1) is 0 Å². The van der Waals surface area contributed by atoms with Crippen molar-refractivity contribution in [1.82, 2.24) is 15.2 Å². The molecule has 2 unspecified atom stereocenters. The Morgan fingerprint density at radius 3 is 2.50 bits per heavy atom. The summed E-state index contributed by atoms with van der Waals surface area (Å²) < 4.78 is 40.0. The Morgan fingerprint density at radius 2 is 1.82 bits per heavy atom. The number of pyridine rings is 1. The second-order valence-corrected chi connectivity index (χ2v) is 8.57. The van der Waals surface area contributed by atoms with Gasteiger partial charge in [0.1, 0.15) is 0 Å². The summed E-state index contributed by atoms with van der Waals surface area (Å²) >= 11 is 5.91. The molecular weight excluding hydrogens is 467 g/mol. The molecule has 2 amide bonds. The highest BCUT2D eigenvalue weighted by atomic mass is 35.5. The smallest absolute Gasteiger partial charge is 0.352 e. The third kappa shape index (κ3) is 5.39. The van der Waals surface area contributed by atoms with Gasteiger partial charge < -0.3 is 10.2 Å². The number of hydrogen-bond donors (Lipinski definition) is 1. The highest BCUT2D eigenvalue weighted by Gasteiger charge is 2.41. The first-order chi connectivity index (χ1) is 16.2. The Bertz CT molecular complexity index is 1170. The molecule has 5 nitrogen and oxygen atoms in total. The molecule has 1 aromatic heterocycles. The van der Waals surface area contributed by atoms with Gasteiger partial charge >= 0.3 is 6.18 Å². The standard InChI is InChI=1S/C25H21ClF3N3O2/c26-20-8-6-17(7-9-20)24(34)32-14-21(18-4-1-5-19(11-18)25(27,28)29)22(15-32)23(33)31-13-16-3-2-10-30-12-16/h1-12,21-22H,13-15H2,(H,31,33). The Morgan fingerprint density at radius 1 is 1.06 bits per heavy atom. The molecule has 0 radical (unpaired) electrons. The summed E-state index contributed by atoms with van der Waals surface area (Å²) in [5, 5.41) is 3.31. The van der Waals surface area contributed by atoms with Crippen LogP contribution in [0.4, 0.5) is 13.2 Å². The van der Waals surface area contributed by atoms with E-state index in [-0.39, 0.29) is 31.4 Å². The molecule has 4 rings (SSSR count). The second-order valence-electron chi connectivity index (χ2n) is 8.13. The number of amides is 2. The van der Waals surface area contributed by atoms with Crippen LogP contribution in [-0.4, -0.2) is 34.8 Å². The van der Waals surface area contributed by atoms with Crippen molar-refractivity contribution in [3.63, 3.8) is 0 Å². The molecule has 1 N–H and O–H groups in total. The average molecular weight is 488 g/mol. The highest BCUT2D eigenvalue weighted by Crippen LogP contribution is 2.37. The van der Waals surface area contributed by atoms with E-state index in [0.717, 1.165) is 17.7 Å². The zero-order chi connectivity index (χ0) is 24.3. The van der Waals surface area contributed by atoms with Gasteiger partial charge in [-0.3, -0.25) is 14.6 Å². The van der Waals surface area contributed by atoms with Gasteiger partial charge in [-0.05, 0) is 47.5 Å². The number of benzene rings is 2. The lowest BCUT2D eigenvalue weighted by Gasteiger charge is -2.19. The lowest BCUT2D eigenvalue weighted by Crippen LogP contribution is -2.35. The Hall–Kier alpha value is -3.39. The van der Waals surface area contributed by atoms with Crippen LogP contribution in [0.3, 0.4) is 0 Å². The summed E-state index contributed by atoms with van der Waals surface area (Å²) in [5.41, 5.74) is 0.756. The Labute approximate surface area is 199 Å². The summed E-state index contributed by atoms with van der Waals surface area (Å²) in [6, 6.07) is 14.8. The fraction of sp³-hybridized carbons (Fsp3) is 0.240. The third-order valence-corrected chi connectivity index (χ3v) is 6.12. The van der Waals surface area contributed by atoms with E-state index in [1.54, 1.807) is 48.8 Å². The van der Waals surface area contributed by atoms with Crippen molar-refractivity contribution in [2.75, 3.05) is 13.1 Å². The van der Waals surface area contributed by atoms with Crippen LogP contribution in [0.25, 0.3) is 0 Å². The molecule has 1 aliphatic rings. The number of hydrogen-bond acceptors (Lipinski definition) is 3. The second kappa shape index (κ2) is 9.85. The summed E-state index contributed by atoms with van der Waals surface area (Å²) in [4.78, 5) is 31.7. The van der Waals surface area contributed by atoms with Crippen molar-refractivity contribution < 1.29 is 22.8 Å². The molecule has 9 heteroatoms. The SMILES string of the molecule is O=C(NCc1cccnc1)C1CN(C(=O)c2ccc(Cl)cc2)CC1c1cccc(C(F)(F)F)c1. The maximum absolute atomic E-state index is 13.3. The zero-order valence-corrected chi connectivity index (χ0v) is 18.7. The van der Waals surface area contributed by atoms with Gasteiger partial charge in [0.05, 0.1) is 11.5 Å². The molecule has 0 saturated carbocycles. The van der Waals surface area contributed by atoms with Gasteiger partial charge in [-0.25, -0.2) is 0 Å². The van der Waals surface area contributed by atoms with Crippen LogP contribution in [0, 0.1) is 5.92 Å². The first-order valence-electron chi connectivity index (χ1n) is 10.6. The molecule has 0 bridgehead atoms. The Balaban J connectivity index is 1.59. The largest absolute Gasteiger partial charge is 0.416 e. The predicted molar refractivity (Wildman–Crippen MR) is 121 cm³/mol. The number of carbonyl (C=O) groups is 2. The first-order valence-corrected chi connectivity index (χ1v) is 11.0. The van der Waals surface area contributed by atoms with Crippen LogP contribution in [0.2, 0.25) is 5.02 Å². The highest BCUT2D eigenvalue weighted by molar-refractivity contribution is 6.30. The molecule has 1 fully saturated rings. The monoisotopic (exact) mass is 487 g/mol. The van der Waals surface area contributed by atoms with Gasteiger partial charge in [0.2, 0.25) is 5.91 Å². The van der Waals surface area contributed by atoms with E-state index in [1.807, 2.05) is 6.07 Å². The molecule has 1 aliphatic heterocycles. The number of carbonyl (C=O) groups excluding carboxylic acids is 2. The molecule has 34 heavy (non-hydrogen) atoms. The average Bonchev–Trinajstić information content (AvgIpc) is 3.28. The van der Waals surface area contributed by atoms with Crippen LogP contribution in [0.15, 0.2) is 73.1 Å². The lowest BCUT2D eigenvalue weighted by molar-refractivity contribution is -0.137. The molecule has 2 atom stereocenters. The number of rotatable bonds is 5. The molecule has 0 spiro atoms. The molecule has 176 valence electrons. The van der Waals surface area contributed by atoms with E-state index in [4.69, 9.17) is 11.6 Å². The van der Waals surface area contributed by atoms with Crippen molar-refractivity contribution in [3.05, 3.63) is 100 Å². The summed E-state index contributed by atoms with van der Waals surface area (Å²) in [7, 11) is 0. The third-order valence-electron chi connectivity index (χ3n) is 5.87. The normalized spacial score (nSPS) is 18.1. The summed E-state index contributed by atoms with van der Waals surface area (Å²) in [5.74, 6) is -1.95. The van der Waals surface area contributed by atoms with Gasteiger partial charge in [0.15, 0.2) is 0 Å². The number of halogens is 4. The number of alkyl halides is 3. The van der Waals surface area contributed by atoms with Crippen LogP contribution >= 0.6 is 11.6 Å². The zero-order valence-electron chi connectivity index (χ0n) is 17.9. The topological polar surface area (TPSA) is 62.3 Å². The van der Waals surface area contributed by atoms with E-state index < -0.39 is 23.6 Å². The summed E-state index contributed by atoms with van der Waals surface area (Å²) in [6.07, 6.45) is -1.27. The number of nitrogens with zero attached hydrogens (tertiary/aromatic N) is 2. The van der Waals surface area contributed by atoms with Crippen molar-refractivity contribution in [2.45, 2.75) is 18.6 Å². The maximum atomic E-state index is 13.3. The number of likely N-dealkylation sites (tertiary alicyclic amines) is 1. The van der Waals surface area contributed by atoms with E-state index in [1.165, 1.54) is 11.0 Å². The predicted octanol–water partition coefficient (Wildman–Crippen LogP) is 4.93. The fourth-order valence-electron chi connectivity index (χ4n) is 4.12. The first kappa shape index (κ1) is 23.8. The van der Waals surface area contributed by atoms with Gasteiger partial charge in [-0.2, -0.15) is 13.2 Å². The van der Waals surface area contributed by atoms with E-state index in [0.29, 0.717) is 16.1 Å². The van der Waals surface area contributed by atoms with Crippen molar-refractivity contribution in [3.8, 4) is 0 Å².